The quantitative estimate of drug-likeness (QED) is 0.858. The average molecular weight is 300 g/mol. The fourth-order valence-corrected chi connectivity index (χ4v) is 2.93. The van der Waals surface area contributed by atoms with Crippen molar-refractivity contribution in [1.29, 1.82) is 0 Å². The first-order chi connectivity index (χ1) is 9.69. The van der Waals surface area contributed by atoms with Gasteiger partial charge in [0.05, 0.1) is 6.10 Å². The summed E-state index contributed by atoms with van der Waals surface area (Å²) >= 11 is 6.13. The van der Waals surface area contributed by atoms with Gasteiger partial charge in [-0.05, 0) is 69.3 Å². The van der Waals surface area contributed by atoms with Gasteiger partial charge in [0.1, 0.15) is 5.82 Å². The molecule has 0 spiro atoms. The number of rotatable bonds is 6. The smallest absolute Gasteiger partial charge is 0.123 e. The summed E-state index contributed by atoms with van der Waals surface area (Å²) in [6.07, 6.45) is 6.83. The topological polar surface area (TPSA) is 21.3 Å². The van der Waals surface area contributed by atoms with E-state index in [0.717, 1.165) is 37.9 Å². The van der Waals surface area contributed by atoms with Crippen molar-refractivity contribution in [2.75, 3.05) is 13.7 Å². The van der Waals surface area contributed by atoms with Crippen LogP contribution in [-0.4, -0.2) is 25.8 Å². The second-order valence-electron chi connectivity index (χ2n) is 5.49. The molecule has 0 saturated carbocycles. The molecular formula is C16H23ClFNO. The normalized spacial score (nSPS) is 20.9. The SMILES string of the molecule is CNC(CCC1CCCCO1)Cc1cc(F)ccc1Cl. The van der Waals surface area contributed by atoms with Crippen LogP contribution in [0.15, 0.2) is 18.2 Å². The monoisotopic (exact) mass is 299 g/mol. The Morgan fingerprint density at radius 3 is 3.00 bits per heavy atom. The lowest BCUT2D eigenvalue weighted by molar-refractivity contribution is 0.00870. The third kappa shape index (κ3) is 4.72. The highest BCUT2D eigenvalue weighted by atomic mass is 35.5. The van der Waals surface area contributed by atoms with Crippen molar-refractivity contribution in [3.05, 3.63) is 34.6 Å². The van der Waals surface area contributed by atoms with Crippen molar-refractivity contribution in [3.8, 4) is 0 Å². The summed E-state index contributed by atoms with van der Waals surface area (Å²) in [6, 6.07) is 4.86. The number of likely N-dealkylation sites (N-methyl/N-ethyl adjacent to an activating group) is 1. The molecule has 1 aromatic carbocycles. The lowest BCUT2D eigenvalue weighted by Crippen LogP contribution is -2.30. The van der Waals surface area contributed by atoms with Crippen molar-refractivity contribution in [3.63, 3.8) is 0 Å². The van der Waals surface area contributed by atoms with Gasteiger partial charge in [0.15, 0.2) is 0 Å². The molecule has 1 saturated heterocycles. The molecule has 1 fully saturated rings. The maximum atomic E-state index is 13.3. The van der Waals surface area contributed by atoms with Crippen LogP contribution in [-0.2, 0) is 11.2 Å². The summed E-state index contributed by atoms with van der Waals surface area (Å²) < 4.78 is 19.0. The maximum absolute atomic E-state index is 13.3. The average Bonchev–Trinajstić information content (AvgIpc) is 2.48. The van der Waals surface area contributed by atoms with E-state index in [1.165, 1.54) is 25.0 Å². The molecular weight excluding hydrogens is 277 g/mol. The van der Waals surface area contributed by atoms with Crippen LogP contribution in [0.1, 0.15) is 37.7 Å². The van der Waals surface area contributed by atoms with Gasteiger partial charge in [-0.3, -0.25) is 0 Å². The summed E-state index contributed by atoms with van der Waals surface area (Å²) in [5.41, 5.74) is 0.871. The van der Waals surface area contributed by atoms with E-state index in [0.29, 0.717) is 17.2 Å². The first-order valence-corrected chi connectivity index (χ1v) is 7.79. The van der Waals surface area contributed by atoms with Crippen LogP contribution in [0.4, 0.5) is 4.39 Å². The minimum atomic E-state index is -0.227. The summed E-state index contributed by atoms with van der Waals surface area (Å²) in [5.74, 6) is -0.227. The lowest BCUT2D eigenvalue weighted by atomic mass is 9.97. The molecule has 2 rings (SSSR count). The van der Waals surface area contributed by atoms with Crippen LogP contribution in [0.25, 0.3) is 0 Å². The van der Waals surface area contributed by atoms with Gasteiger partial charge in [0, 0.05) is 17.7 Å². The Morgan fingerprint density at radius 1 is 1.45 bits per heavy atom. The number of halogens is 2. The van der Waals surface area contributed by atoms with Gasteiger partial charge in [0.25, 0.3) is 0 Å². The van der Waals surface area contributed by atoms with E-state index in [4.69, 9.17) is 16.3 Å². The number of benzene rings is 1. The fraction of sp³-hybridized carbons (Fsp3) is 0.625. The van der Waals surface area contributed by atoms with Crippen molar-refractivity contribution >= 4 is 11.6 Å². The van der Waals surface area contributed by atoms with Crippen molar-refractivity contribution in [2.24, 2.45) is 0 Å². The number of hydrogen-bond donors (Lipinski definition) is 1. The molecule has 20 heavy (non-hydrogen) atoms. The highest BCUT2D eigenvalue weighted by Crippen LogP contribution is 2.22. The molecule has 2 unspecified atom stereocenters. The fourth-order valence-electron chi connectivity index (χ4n) is 2.74. The number of ether oxygens (including phenoxy) is 1. The second kappa shape index (κ2) is 7.96. The number of hydrogen-bond acceptors (Lipinski definition) is 2. The molecule has 1 aromatic rings. The van der Waals surface area contributed by atoms with E-state index >= 15 is 0 Å². The lowest BCUT2D eigenvalue weighted by Gasteiger charge is -2.25. The second-order valence-corrected chi connectivity index (χ2v) is 5.90. The zero-order valence-electron chi connectivity index (χ0n) is 12.0. The standard InChI is InChI=1S/C16H23ClFNO/c1-19-14(6-7-15-4-2-3-9-20-15)11-12-10-13(18)5-8-16(12)17/h5,8,10,14-15,19H,2-4,6-7,9,11H2,1H3. The Morgan fingerprint density at radius 2 is 2.30 bits per heavy atom. The molecule has 4 heteroatoms. The molecule has 1 aliphatic heterocycles. The van der Waals surface area contributed by atoms with Gasteiger partial charge in [-0.15, -0.1) is 0 Å². The molecule has 0 radical (unpaired) electrons. The molecule has 0 aromatic heterocycles. The van der Waals surface area contributed by atoms with Crippen molar-refractivity contribution < 1.29 is 9.13 Å². The van der Waals surface area contributed by atoms with Crippen LogP contribution in [0.5, 0.6) is 0 Å². The molecule has 2 atom stereocenters. The minimum Gasteiger partial charge on any atom is -0.378 e. The largest absolute Gasteiger partial charge is 0.378 e. The third-order valence-electron chi connectivity index (χ3n) is 3.99. The maximum Gasteiger partial charge on any atom is 0.123 e. The van der Waals surface area contributed by atoms with Crippen molar-refractivity contribution in [2.45, 2.75) is 50.7 Å². The number of nitrogens with one attached hydrogen (secondary N) is 1. The van der Waals surface area contributed by atoms with Crippen LogP contribution in [0.2, 0.25) is 5.02 Å². The zero-order chi connectivity index (χ0) is 14.4. The van der Waals surface area contributed by atoms with E-state index < -0.39 is 0 Å². The molecule has 112 valence electrons. The van der Waals surface area contributed by atoms with Crippen LogP contribution >= 0.6 is 11.6 Å². The van der Waals surface area contributed by atoms with Crippen LogP contribution in [0.3, 0.4) is 0 Å². The summed E-state index contributed by atoms with van der Waals surface area (Å²) in [7, 11) is 1.94. The molecule has 1 N–H and O–H groups in total. The van der Waals surface area contributed by atoms with Crippen molar-refractivity contribution in [1.82, 2.24) is 5.32 Å². The van der Waals surface area contributed by atoms with Gasteiger partial charge >= 0.3 is 0 Å². The highest BCUT2D eigenvalue weighted by Gasteiger charge is 2.17. The predicted octanol–water partition coefficient (Wildman–Crippen LogP) is 3.96. The van der Waals surface area contributed by atoms with E-state index in [9.17, 15) is 4.39 Å². The van der Waals surface area contributed by atoms with E-state index in [1.54, 1.807) is 6.07 Å². The van der Waals surface area contributed by atoms with Gasteiger partial charge in [0.2, 0.25) is 0 Å². The Bertz CT molecular complexity index is 421. The molecule has 2 nitrogen and oxygen atoms in total. The van der Waals surface area contributed by atoms with Crippen LogP contribution < -0.4 is 5.32 Å². The summed E-state index contributed by atoms with van der Waals surface area (Å²) in [6.45, 7) is 0.893. The van der Waals surface area contributed by atoms with Gasteiger partial charge < -0.3 is 10.1 Å². The van der Waals surface area contributed by atoms with Gasteiger partial charge in [-0.1, -0.05) is 11.6 Å². The van der Waals surface area contributed by atoms with Gasteiger partial charge in [-0.25, -0.2) is 4.39 Å². The Hall–Kier alpha value is -0.640. The van der Waals surface area contributed by atoms with E-state index in [2.05, 4.69) is 5.32 Å². The highest BCUT2D eigenvalue weighted by molar-refractivity contribution is 6.31. The Balaban J connectivity index is 1.86. The Labute approximate surface area is 125 Å². The summed E-state index contributed by atoms with van der Waals surface area (Å²) in [4.78, 5) is 0. The molecule has 0 bridgehead atoms. The van der Waals surface area contributed by atoms with E-state index in [1.807, 2.05) is 7.05 Å². The molecule has 1 aliphatic rings. The van der Waals surface area contributed by atoms with E-state index in [-0.39, 0.29) is 5.82 Å². The van der Waals surface area contributed by atoms with Gasteiger partial charge in [-0.2, -0.15) is 0 Å². The first kappa shape index (κ1) is 15.7. The minimum absolute atomic E-state index is 0.227. The molecule has 0 aliphatic carbocycles. The zero-order valence-corrected chi connectivity index (χ0v) is 12.8. The Kier molecular flexibility index (Phi) is 6.27. The first-order valence-electron chi connectivity index (χ1n) is 7.42. The molecule has 0 amide bonds. The van der Waals surface area contributed by atoms with Crippen LogP contribution in [0, 0.1) is 5.82 Å². The summed E-state index contributed by atoms with van der Waals surface area (Å²) in [5, 5.41) is 3.94. The predicted molar refractivity (Wildman–Crippen MR) is 80.8 cm³/mol. The third-order valence-corrected chi connectivity index (χ3v) is 4.36. The molecule has 1 heterocycles.